The smallest absolute Gasteiger partial charge is 0.0371 e. The molecule has 2 aromatic rings. The van der Waals surface area contributed by atoms with Gasteiger partial charge >= 0.3 is 0 Å². The molecule has 17 heavy (non-hydrogen) atoms. The van der Waals surface area contributed by atoms with Crippen LogP contribution in [0.15, 0.2) is 41.8 Å². The maximum atomic E-state index is 3.58. The lowest BCUT2D eigenvalue weighted by atomic mass is 9.98. The van der Waals surface area contributed by atoms with E-state index in [0.29, 0.717) is 6.04 Å². The lowest BCUT2D eigenvalue weighted by Gasteiger charge is -2.19. The third kappa shape index (κ3) is 3.18. The van der Waals surface area contributed by atoms with Crippen molar-refractivity contribution in [1.82, 2.24) is 5.32 Å². The maximum absolute atomic E-state index is 3.58. The van der Waals surface area contributed by atoms with E-state index in [1.807, 2.05) is 11.3 Å². The summed E-state index contributed by atoms with van der Waals surface area (Å²) in [5.41, 5.74) is 2.79. The van der Waals surface area contributed by atoms with Crippen molar-refractivity contribution >= 4 is 11.3 Å². The third-order valence-electron chi connectivity index (χ3n) is 3.00. The predicted molar refractivity (Wildman–Crippen MR) is 75.6 cm³/mol. The molecule has 0 aliphatic rings. The Kier molecular flexibility index (Phi) is 4.35. The van der Waals surface area contributed by atoms with Gasteiger partial charge in [-0.1, -0.05) is 37.3 Å². The van der Waals surface area contributed by atoms with Crippen molar-refractivity contribution in [1.29, 1.82) is 0 Å². The summed E-state index contributed by atoms with van der Waals surface area (Å²) >= 11 is 1.84. The second-order valence-electron chi connectivity index (χ2n) is 4.25. The maximum Gasteiger partial charge on any atom is 0.0371 e. The second-order valence-corrected chi connectivity index (χ2v) is 5.28. The van der Waals surface area contributed by atoms with Gasteiger partial charge in [-0.2, -0.15) is 0 Å². The Morgan fingerprint density at radius 1 is 1.18 bits per heavy atom. The Labute approximate surface area is 108 Å². The zero-order valence-corrected chi connectivity index (χ0v) is 11.3. The summed E-state index contributed by atoms with van der Waals surface area (Å²) in [6.07, 6.45) is 1.08. The van der Waals surface area contributed by atoms with E-state index >= 15 is 0 Å². The fourth-order valence-electron chi connectivity index (χ4n) is 2.15. The third-order valence-corrected chi connectivity index (χ3v) is 3.90. The molecule has 1 N–H and O–H groups in total. The normalized spacial score (nSPS) is 12.6. The first kappa shape index (κ1) is 12.3. The number of nitrogens with one attached hydrogen (secondary N) is 1. The van der Waals surface area contributed by atoms with Gasteiger partial charge < -0.3 is 5.32 Å². The van der Waals surface area contributed by atoms with Gasteiger partial charge in [0.05, 0.1) is 0 Å². The number of likely N-dealkylation sites (N-methyl/N-ethyl adjacent to an activating group) is 1. The summed E-state index contributed by atoms with van der Waals surface area (Å²) < 4.78 is 0. The molecular formula is C15H19NS. The number of hydrogen-bond donors (Lipinski definition) is 1. The van der Waals surface area contributed by atoms with E-state index < -0.39 is 0 Å². The molecule has 1 atom stereocenters. The Balaban J connectivity index is 2.20. The van der Waals surface area contributed by atoms with Crippen LogP contribution in [0, 0.1) is 6.92 Å². The predicted octanol–water partition coefficient (Wildman–Crippen LogP) is 3.95. The standard InChI is InChI=1S/C15H19NS/c1-3-16-15(11-13-8-6-10-17-13)14-9-5-4-7-12(14)2/h4-10,15-16H,3,11H2,1-2H3. The molecule has 0 saturated carbocycles. The molecule has 0 saturated heterocycles. The average Bonchev–Trinajstić information content (AvgIpc) is 2.82. The van der Waals surface area contributed by atoms with Gasteiger partial charge in [-0.25, -0.2) is 0 Å². The summed E-state index contributed by atoms with van der Waals surface area (Å²) in [6, 6.07) is 13.4. The topological polar surface area (TPSA) is 12.0 Å². The first-order chi connectivity index (χ1) is 8.31. The second kappa shape index (κ2) is 5.99. The van der Waals surface area contributed by atoms with Crippen molar-refractivity contribution in [3.63, 3.8) is 0 Å². The average molecular weight is 245 g/mol. The van der Waals surface area contributed by atoms with Crippen molar-refractivity contribution < 1.29 is 0 Å². The van der Waals surface area contributed by atoms with Crippen LogP contribution in [0.5, 0.6) is 0 Å². The molecule has 1 unspecified atom stereocenters. The largest absolute Gasteiger partial charge is 0.310 e. The fraction of sp³-hybridized carbons (Fsp3) is 0.333. The lowest BCUT2D eigenvalue weighted by molar-refractivity contribution is 0.551. The number of hydrogen-bond acceptors (Lipinski definition) is 2. The highest BCUT2D eigenvalue weighted by molar-refractivity contribution is 7.09. The van der Waals surface area contributed by atoms with Crippen LogP contribution in [0.3, 0.4) is 0 Å². The highest BCUT2D eigenvalue weighted by Gasteiger charge is 2.13. The molecule has 1 heterocycles. The molecule has 1 nitrogen and oxygen atoms in total. The summed E-state index contributed by atoms with van der Waals surface area (Å²) in [5, 5.41) is 5.73. The van der Waals surface area contributed by atoms with Crippen LogP contribution in [0.4, 0.5) is 0 Å². The van der Waals surface area contributed by atoms with Crippen LogP contribution in [0.2, 0.25) is 0 Å². The molecule has 0 aliphatic heterocycles. The zero-order chi connectivity index (χ0) is 12.1. The first-order valence-corrected chi connectivity index (χ1v) is 7.00. The van der Waals surface area contributed by atoms with E-state index in [1.165, 1.54) is 16.0 Å². The lowest BCUT2D eigenvalue weighted by Crippen LogP contribution is -2.23. The molecule has 0 bridgehead atoms. The molecule has 90 valence electrons. The molecule has 2 heteroatoms. The van der Waals surface area contributed by atoms with Crippen LogP contribution in [-0.2, 0) is 6.42 Å². The van der Waals surface area contributed by atoms with Gasteiger partial charge in [0, 0.05) is 17.3 Å². The van der Waals surface area contributed by atoms with Gasteiger partial charge in [-0.15, -0.1) is 11.3 Å². The van der Waals surface area contributed by atoms with E-state index in [2.05, 4.69) is 60.9 Å². The van der Waals surface area contributed by atoms with E-state index in [0.717, 1.165) is 13.0 Å². The molecular weight excluding hydrogens is 226 g/mol. The number of aryl methyl sites for hydroxylation is 1. The molecule has 0 aliphatic carbocycles. The van der Waals surface area contributed by atoms with Crippen molar-refractivity contribution in [3.8, 4) is 0 Å². The molecule has 2 rings (SSSR count). The molecule has 0 spiro atoms. The van der Waals surface area contributed by atoms with Crippen molar-refractivity contribution in [2.45, 2.75) is 26.3 Å². The summed E-state index contributed by atoms with van der Waals surface area (Å²) in [4.78, 5) is 1.44. The quantitative estimate of drug-likeness (QED) is 0.841. The van der Waals surface area contributed by atoms with Crippen molar-refractivity contribution in [2.75, 3.05) is 6.54 Å². The van der Waals surface area contributed by atoms with Crippen LogP contribution in [-0.4, -0.2) is 6.54 Å². The van der Waals surface area contributed by atoms with Gasteiger partial charge in [0.25, 0.3) is 0 Å². The monoisotopic (exact) mass is 245 g/mol. The van der Waals surface area contributed by atoms with Crippen LogP contribution in [0.1, 0.15) is 29.0 Å². The van der Waals surface area contributed by atoms with E-state index in [9.17, 15) is 0 Å². The Hall–Kier alpha value is -1.12. The number of benzene rings is 1. The minimum absolute atomic E-state index is 0.430. The zero-order valence-electron chi connectivity index (χ0n) is 10.4. The summed E-state index contributed by atoms with van der Waals surface area (Å²) in [5.74, 6) is 0. The molecule has 0 radical (unpaired) electrons. The summed E-state index contributed by atoms with van der Waals surface area (Å²) in [7, 11) is 0. The molecule has 0 amide bonds. The Morgan fingerprint density at radius 2 is 2.00 bits per heavy atom. The van der Waals surface area contributed by atoms with E-state index in [4.69, 9.17) is 0 Å². The molecule has 1 aromatic heterocycles. The molecule has 1 aromatic carbocycles. The van der Waals surface area contributed by atoms with Gasteiger partial charge in [0.2, 0.25) is 0 Å². The van der Waals surface area contributed by atoms with Gasteiger partial charge in [0.15, 0.2) is 0 Å². The Bertz CT molecular complexity index is 448. The van der Waals surface area contributed by atoms with E-state index in [1.54, 1.807) is 0 Å². The van der Waals surface area contributed by atoms with E-state index in [-0.39, 0.29) is 0 Å². The van der Waals surface area contributed by atoms with Crippen LogP contribution >= 0.6 is 11.3 Å². The summed E-state index contributed by atoms with van der Waals surface area (Å²) in [6.45, 7) is 5.36. The highest BCUT2D eigenvalue weighted by Crippen LogP contribution is 2.23. The van der Waals surface area contributed by atoms with Crippen LogP contribution in [0.25, 0.3) is 0 Å². The van der Waals surface area contributed by atoms with Gasteiger partial charge in [-0.3, -0.25) is 0 Å². The van der Waals surface area contributed by atoms with Crippen molar-refractivity contribution in [3.05, 3.63) is 57.8 Å². The Morgan fingerprint density at radius 3 is 2.65 bits per heavy atom. The first-order valence-electron chi connectivity index (χ1n) is 6.12. The minimum Gasteiger partial charge on any atom is -0.310 e. The minimum atomic E-state index is 0.430. The SMILES string of the molecule is CCNC(Cc1cccs1)c1ccccc1C. The van der Waals surface area contributed by atoms with Gasteiger partial charge in [-0.05, 0) is 36.0 Å². The van der Waals surface area contributed by atoms with Gasteiger partial charge in [0.1, 0.15) is 0 Å². The van der Waals surface area contributed by atoms with Crippen molar-refractivity contribution in [2.24, 2.45) is 0 Å². The highest BCUT2D eigenvalue weighted by atomic mass is 32.1. The number of rotatable bonds is 5. The fourth-order valence-corrected chi connectivity index (χ4v) is 2.90. The number of thiophene rings is 1. The van der Waals surface area contributed by atoms with Crippen LogP contribution < -0.4 is 5.32 Å². The molecule has 0 fully saturated rings.